The minimum Gasteiger partial charge on any atom is -0.263 e. The summed E-state index contributed by atoms with van der Waals surface area (Å²) in [6.07, 6.45) is 7.35. The molecule has 0 saturated carbocycles. The number of nitrogens with zero attached hydrogens (tertiary/aromatic N) is 1. The third-order valence-electron chi connectivity index (χ3n) is 1.35. The number of aliphatic imine (C=N–C) groups is 1. The highest BCUT2D eigenvalue weighted by atomic mass is 15.1. The fourth-order valence-electron chi connectivity index (χ4n) is 0.888. The molecule has 4 nitrogen and oxygen atoms in total. The summed E-state index contributed by atoms with van der Waals surface area (Å²) in [6, 6.07) is 0. The first-order valence-electron chi connectivity index (χ1n) is 3.10. The molecule has 0 atom stereocenters. The van der Waals surface area contributed by atoms with Gasteiger partial charge in [0, 0.05) is 0 Å². The van der Waals surface area contributed by atoms with Gasteiger partial charge in [-0.25, -0.2) is 9.97 Å². The van der Waals surface area contributed by atoms with E-state index in [1.54, 1.807) is 6.20 Å². The molecule has 1 aliphatic rings. The summed E-state index contributed by atoms with van der Waals surface area (Å²) < 4.78 is 0. The number of imidazole rings is 1. The summed E-state index contributed by atoms with van der Waals surface area (Å²) in [6.45, 7) is 0. The molecule has 4 heteroatoms. The Labute approximate surface area is 57.7 Å². The lowest BCUT2D eigenvalue weighted by Crippen LogP contribution is -2.81. The quantitative estimate of drug-likeness (QED) is 0.478. The molecule has 0 radical (unpaired) electrons. The van der Waals surface area contributed by atoms with Crippen LogP contribution in [-0.2, 0) is 0 Å². The Morgan fingerprint density at radius 1 is 1.60 bits per heavy atom. The van der Waals surface area contributed by atoms with E-state index in [9.17, 15) is 0 Å². The zero-order valence-corrected chi connectivity index (χ0v) is 5.33. The van der Waals surface area contributed by atoms with Gasteiger partial charge in [0.05, 0.1) is 6.20 Å². The van der Waals surface area contributed by atoms with Gasteiger partial charge in [-0.15, -0.1) is 0 Å². The van der Waals surface area contributed by atoms with Crippen LogP contribution in [0.25, 0.3) is 0 Å². The van der Waals surface area contributed by atoms with Crippen molar-refractivity contribution in [1.29, 1.82) is 0 Å². The molecular formula is C6H8N4+2. The standard InChI is InChI=1S/C6H6N4/c1-2-8-5(7-1)6-9-3-4-10-6/h1-4H,(H,7,8)(H,9,10)/p+2. The molecule has 0 spiro atoms. The van der Waals surface area contributed by atoms with Crippen LogP contribution in [0, 0.1) is 0 Å². The van der Waals surface area contributed by atoms with Crippen molar-refractivity contribution in [3.05, 3.63) is 30.6 Å². The number of nitrogens with two attached hydrogens (primary N) is 1. The van der Waals surface area contributed by atoms with E-state index in [2.05, 4.69) is 15.0 Å². The Morgan fingerprint density at radius 3 is 3.20 bits per heavy atom. The first kappa shape index (κ1) is 5.37. The minimum atomic E-state index is 0.949. The summed E-state index contributed by atoms with van der Waals surface area (Å²) in [7, 11) is 0. The van der Waals surface area contributed by atoms with Crippen molar-refractivity contribution in [1.82, 2.24) is 4.98 Å². The van der Waals surface area contributed by atoms with Gasteiger partial charge >= 0.3 is 11.7 Å². The van der Waals surface area contributed by atoms with E-state index < -0.39 is 0 Å². The van der Waals surface area contributed by atoms with E-state index in [4.69, 9.17) is 0 Å². The maximum atomic E-state index is 4.10. The SMILES string of the molecule is C1=C[NH2+]C(c2[nH]cc[nH+]2)=N1. The maximum absolute atomic E-state index is 4.10. The molecule has 0 aliphatic carbocycles. The van der Waals surface area contributed by atoms with Crippen molar-refractivity contribution in [2.24, 2.45) is 4.99 Å². The lowest BCUT2D eigenvalue weighted by Gasteiger charge is -1.81. The largest absolute Gasteiger partial charge is 0.361 e. The topological polar surface area (TPSA) is 58.9 Å². The van der Waals surface area contributed by atoms with Gasteiger partial charge in [-0.1, -0.05) is 0 Å². The number of rotatable bonds is 1. The molecule has 1 aromatic rings. The van der Waals surface area contributed by atoms with Crippen LogP contribution in [0.5, 0.6) is 0 Å². The molecule has 2 rings (SSSR count). The first-order chi connectivity index (χ1) is 4.97. The molecule has 0 amide bonds. The number of hydrogen-bond acceptors (Lipinski definition) is 1. The fraction of sp³-hybridized carbons (Fsp3) is 0. The summed E-state index contributed by atoms with van der Waals surface area (Å²) in [5, 5.41) is 1.95. The van der Waals surface area contributed by atoms with E-state index in [1.807, 2.05) is 23.9 Å². The highest BCUT2D eigenvalue weighted by Gasteiger charge is 2.16. The third-order valence-corrected chi connectivity index (χ3v) is 1.35. The molecule has 1 aromatic heterocycles. The second kappa shape index (κ2) is 2.07. The molecule has 2 heterocycles. The number of amidine groups is 1. The van der Waals surface area contributed by atoms with E-state index in [0.717, 1.165) is 11.7 Å². The van der Waals surface area contributed by atoms with Gasteiger partial charge < -0.3 is 0 Å². The number of aromatic nitrogens is 2. The highest BCUT2D eigenvalue weighted by Crippen LogP contribution is 1.85. The van der Waals surface area contributed by atoms with Crippen LogP contribution in [0.3, 0.4) is 0 Å². The molecule has 50 valence electrons. The number of nitrogens with one attached hydrogen (secondary N) is 2. The normalized spacial score (nSPS) is 15.8. The Bertz CT molecular complexity index is 270. The van der Waals surface area contributed by atoms with Crippen molar-refractivity contribution >= 4 is 5.84 Å². The zero-order chi connectivity index (χ0) is 6.81. The van der Waals surface area contributed by atoms with Crippen LogP contribution in [0.1, 0.15) is 5.82 Å². The van der Waals surface area contributed by atoms with Crippen molar-refractivity contribution in [2.45, 2.75) is 0 Å². The predicted molar refractivity (Wildman–Crippen MR) is 35.0 cm³/mol. The fourth-order valence-corrected chi connectivity index (χ4v) is 0.888. The van der Waals surface area contributed by atoms with Gasteiger partial charge in [-0.2, -0.15) is 4.99 Å². The van der Waals surface area contributed by atoms with Crippen LogP contribution < -0.4 is 10.3 Å². The number of aromatic amines is 2. The molecule has 4 N–H and O–H groups in total. The summed E-state index contributed by atoms with van der Waals surface area (Å²) >= 11 is 0. The monoisotopic (exact) mass is 136 g/mol. The predicted octanol–water partition coefficient (Wildman–Crippen LogP) is -1.38. The van der Waals surface area contributed by atoms with Crippen LogP contribution in [0.4, 0.5) is 0 Å². The molecule has 0 saturated heterocycles. The van der Waals surface area contributed by atoms with E-state index in [1.165, 1.54) is 0 Å². The Hall–Kier alpha value is -1.42. The number of hydrogen-bond donors (Lipinski definition) is 2. The van der Waals surface area contributed by atoms with Crippen molar-refractivity contribution in [3.63, 3.8) is 0 Å². The van der Waals surface area contributed by atoms with Crippen molar-refractivity contribution < 1.29 is 10.3 Å². The van der Waals surface area contributed by atoms with E-state index >= 15 is 0 Å². The lowest BCUT2D eigenvalue weighted by atomic mass is 10.5. The lowest BCUT2D eigenvalue weighted by molar-refractivity contribution is -0.472. The zero-order valence-electron chi connectivity index (χ0n) is 5.33. The Morgan fingerprint density at radius 2 is 2.60 bits per heavy atom. The number of quaternary nitrogens is 1. The molecule has 10 heavy (non-hydrogen) atoms. The van der Waals surface area contributed by atoms with Gasteiger partial charge in [0.1, 0.15) is 18.6 Å². The molecule has 0 bridgehead atoms. The summed E-state index contributed by atoms with van der Waals surface area (Å²) in [4.78, 5) is 10.1. The second-order valence-corrected chi connectivity index (χ2v) is 2.02. The molecule has 0 unspecified atom stereocenters. The first-order valence-corrected chi connectivity index (χ1v) is 3.10. The van der Waals surface area contributed by atoms with Crippen LogP contribution in [0.2, 0.25) is 0 Å². The van der Waals surface area contributed by atoms with Gasteiger partial charge in [0.2, 0.25) is 0 Å². The summed E-state index contributed by atoms with van der Waals surface area (Å²) in [5.41, 5.74) is 0. The van der Waals surface area contributed by atoms with Gasteiger partial charge in [-0.05, 0) is 0 Å². The van der Waals surface area contributed by atoms with E-state index in [-0.39, 0.29) is 0 Å². The second-order valence-electron chi connectivity index (χ2n) is 2.02. The Balaban J connectivity index is 2.30. The van der Waals surface area contributed by atoms with Crippen molar-refractivity contribution in [3.8, 4) is 0 Å². The molecular weight excluding hydrogens is 128 g/mol. The van der Waals surface area contributed by atoms with E-state index in [0.29, 0.717) is 0 Å². The summed E-state index contributed by atoms with van der Waals surface area (Å²) in [5.74, 6) is 1.90. The average Bonchev–Trinajstić information content (AvgIpc) is 2.59. The van der Waals surface area contributed by atoms with Crippen LogP contribution in [0.15, 0.2) is 29.8 Å². The smallest absolute Gasteiger partial charge is 0.263 e. The molecule has 0 fully saturated rings. The van der Waals surface area contributed by atoms with Crippen molar-refractivity contribution in [2.75, 3.05) is 0 Å². The van der Waals surface area contributed by atoms with Crippen LogP contribution >= 0.6 is 0 Å². The van der Waals surface area contributed by atoms with Crippen LogP contribution in [-0.4, -0.2) is 10.8 Å². The van der Waals surface area contributed by atoms with Gasteiger partial charge in [-0.3, -0.25) is 5.32 Å². The van der Waals surface area contributed by atoms with Gasteiger partial charge in [0.15, 0.2) is 0 Å². The average molecular weight is 136 g/mol. The van der Waals surface area contributed by atoms with Gasteiger partial charge in [0.25, 0.3) is 0 Å². The minimum absolute atomic E-state index is 0.949. The molecule has 1 aliphatic heterocycles. The number of H-pyrrole nitrogens is 2. The highest BCUT2D eigenvalue weighted by molar-refractivity contribution is 5.87. The molecule has 0 aromatic carbocycles. The third kappa shape index (κ3) is 0.745. The Kier molecular flexibility index (Phi) is 1.11. The maximum Gasteiger partial charge on any atom is 0.361 e.